The third-order valence-electron chi connectivity index (χ3n) is 4.45. The Bertz CT molecular complexity index is 794. The fourth-order valence-electron chi connectivity index (χ4n) is 3.19. The molecule has 2 aromatic carbocycles. The first kappa shape index (κ1) is 19.8. The molecule has 0 aliphatic carbocycles. The van der Waals surface area contributed by atoms with Crippen molar-refractivity contribution < 1.29 is 8.42 Å². The molecule has 0 amide bonds. The minimum Gasteiger partial charge on any atom is -0.303 e. The van der Waals surface area contributed by atoms with Crippen molar-refractivity contribution in [2.24, 2.45) is 0 Å². The summed E-state index contributed by atoms with van der Waals surface area (Å²) in [4.78, 5) is 2.77. The Morgan fingerprint density at radius 3 is 2.36 bits per heavy atom. The lowest BCUT2D eigenvalue weighted by molar-refractivity contribution is 0.288. The standard InChI is InChI=1S/C19H24N2O2S.ClH/c1-2-12-21-13-10-16-8-9-18(15-17(16)11-14-21)20-24(22,23)19-6-4-3-5-7-19;/h3-9,15,20H,2,10-14H2,1H3;1H. The van der Waals surface area contributed by atoms with Gasteiger partial charge in [-0.3, -0.25) is 4.72 Å². The van der Waals surface area contributed by atoms with Crippen LogP contribution < -0.4 is 4.72 Å². The minimum absolute atomic E-state index is 0. The van der Waals surface area contributed by atoms with Crippen LogP contribution in [-0.2, 0) is 22.9 Å². The first-order valence-corrected chi connectivity index (χ1v) is 9.99. The number of hydrogen-bond acceptors (Lipinski definition) is 3. The molecule has 0 spiro atoms. The molecular formula is C19H25ClN2O2S. The zero-order valence-electron chi connectivity index (χ0n) is 14.4. The number of nitrogens with zero attached hydrogens (tertiary/aromatic N) is 1. The van der Waals surface area contributed by atoms with Crippen molar-refractivity contribution >= 4 is 28.1 Å². The summed E-state index contributed by atoms with van der Waals surface area (Å²) in [6.45, 7) is 5.45. The molecule has 4 nitrogen and oxygen atoms in total. The van der Waals surface area contributed by atoms with Gasteiger partial charge in [-0.25, -0.2) is 8.42 Å². The maximum atomic E-state index is 12.5. The second-order valence-corrected chi connectivity index (χ2v) is 7.93. The quantitative estimate of drug-likeness (QED) is 0.859. The molecule has 0 radical (unpaired) electrons. The van der Waals surface area contributed by atoms with Gasteiger partial charge in [0.2, 0.25) is 0 Å². The third-order valence-corrected chi connectivity index (χ3v) is 5.84. The number of rotatable bonds is 5. The van der Waals surface area contributed by atoms with Crippen LogP contribution in [-0.4, -0.2) is 33.0 Å². The number of hydrogen-bond donors (Lipinski definition) is 1. The van der Waals surface area contributed by atoms with Gasteiger partial charge >= 0.3 is 0 Å². The van der Waals surface area contributed by atoms with Gasteiger partial charge in [-0.05, 0) is 61.2 Å². The molecule has 6 heteroatoms. The monoisotopic (exact) mass is 380 g/mol. The maximum absolute atomic E-state index is 12.5. The molecule has 1 aliphatic heterocycles. The second-order valence-electron chi connectivity index (χ2n) is 6.24. The van der Waals surface area contributed by atoms with Crippen molar-refractivity contribution in [3.8, 4) is 0 Å². The molecule has 136 valence electrons. The molecule has 0 atom stereocenters. The summed E-state index contributed by atoms with van der Waals surface area (Å²) in [7, 11) is -3.53. The predicted molar refractivity (Wildman–Crippen MR) is 105 cm³/mol. The van der Waals surface area contributed by atoms with Gasteiger partial charge in [0.05, 0.1) is 4.90 Å². The fraction of sp³-hybridized carbons (Fsp3) is 0.368. The molecule has 1 N–H and O–H groups in total. The summed E-state index contributed by atoms with van der Waals surface area (Å²) in [5.74, 6) is 0. The number of anilines is 1. The van der Waals surface area contributed by atoms with Crippen molar-refractivity contribution in [3.05, 3.63) is 59.7 Å². The molecular weight excluding hydrogens is 356 g/mol. The van der Waals surface area contributed by atoms with Gasteiger partial charge in [0.1, 0.15) is 0 Å². The van der Waals surface area contributed by atoms with E-state index in [1.807, 2.05) is 18.2 Å². The summed E-state index contributed by atoms with van der Waals surface area (Å²) in [5.41, 5.74) is 3.22. The normalized spacial score (nSPS) is 14.9. The van der Waals surface area contributed by atoms with Crippen LogP contribution in [0, 0.1) is 0 Å². The highest BCUT2D eigenvalue weighted by atomic mass is 35.5. The van der Waals surface area contributed by atoms with Gasteiger partial charge in [-0.2, -0.15) is 0 Å². The molecule has 0 saturated heterocycles. The zero-order valence-corrected chi connectivity index (χ0v) is 16.1. The van der Waals surface area contributed by atoms with Gasteiger partial charge in [-0.15, -0.1) is 12.4 Å². The molecule has 0 unspecified atom stereocenters. The van der Waals surface area contributed by atoms with E-state index in [0.29, 0.717) is 5.69 Å². The largest absolute Gasteiger partial charge is 0.303 e. The lowest BCUT2D eigenvalue weighted by Gasteiger charge is -2.18. The van der Waals surface area contributed by atoms with Gasteiger partial charge < -0.3 is 4.90 Å². The molecule has 2 aromatic rings. The smallest absolute Gasteiger partial charge is 0.261 e. The Labute approximate surface area is 156 Å². The Morgan fingerprint density at radius 1 is 1.00 bits per heavy atom. The lowest BCUT2D eigenvalue weighted by Crippen LogP contribution is -2.27. The van der Waals surface area contributed by atoms with Gasteiger partial charge in [-0.1, -0.05) is 31.2 Å². The number of halogens is 1. The molecule has 1 heterocycles. The summed E-state index contributed by atoms with van der Waals surface area (Å²) in [6.07, 6.45) is 3.16. The van der Waals surface area contributed by atoms with Crippen molar-refractivity contribution in [1.29, 1.82) is 0 Å². The number of sulfonamides is 1. The maximum Gasteiger partial charge on any atom is 0.261 e. The summed E-state index contributed by atoms with van der Waals surface area (Å²) < 4.78 is 27.6. The second kappa shape index (κ2) is 8.70. The molecule has 25 heavy (non-hydrogen) atoms. The van der Waals surface area contributed by atoms with E-state index in [0.717, 1.165) is 32.5 Å². The lowest BCUT2D eigenvalue weighted by atomic mass is 10.0. The third kappa shape index (κ3) is 4.97. The SMILES string of the molecule is CCCN1CCc2ccc(NS(=O)(=O)c3ccccc3)cc2CC1.Cl. The predicted octanol–water partition coefficient (Wildman–Crippen LogP) is 3.72. The Kier molecular flexibility index (Phi) is 6.87. The van der Waals surface area contributed by atoms with Crippen LogP contribution in [0.25, 0.3) is 0 Å². The molecule has 0 aromatic heterocycles. The molecule has 0 bridgehead atoms. The molecule has 3 rings (SSSR count). The van der Waals surface area contributed by atoms with Gasteiger partial charge in [0.15, 0.2) is 0 Å². The Morgan fingerprint density at radius 2 is 1.68 bits per heavy atom. The van der Waals surface area contributed by atoms with Crippen LogP contribution in [0.2, 0.25) is 0 Å². The molecule has 0 fully saturated rings. The fourth-order valence-corrected chi connectivity index (χ4v) is 4.26. The van der Waals surface area contributed by atoms with Crippen molar-refractivity contribution in [2.45, 2.75) is 31.1 Å². The van der Waals surface area contributed by atoms with Gasteiger partial charge in [0, 0.05) is 18.8 Å². The van der Waals surface area contributed by atoms with E-state index in [-0.39, 0.29) is 17.3 Å². The average Bonchev–Trinajstić information content (AvgIpc) is 2.78. The zero-order chi connectivity index (χ0) is 17.0. The summed E-state index contributed by atoms with van der Waals surface area (Å²) in [5, 5.41) is 0. The highest BCUT2D eigenvalue weighted by molar-refractivity contribution is 7.92. The molecule has 1 aliphatic rings. The Balaban J connectivity index is 0.00000225. The van der Waals surface area contributed by atoms with E-state index in [2.05, 4.69) is 22.6 Å². The number of benzene rings is 2. The highest BCUT2D eigenvalue weighted by Crippen LogP contribution is 2.23. The minimum atomic E-state index is -3.53. The van der Waals surface area contributed by atoms with Crippen molar-refractivity contribution in [3.63, 3.8) is 0 Å². The number of fused-ring (bicyclic) bond motifs is 1. The first-order chi connectivity index (χ1) is 11.6. The first-order valence-electron chi connectivity index (χ1n) is 8.50. The molecule has 0 saturated carbocycles. The summed E-state index contributed by atoms with van der Waals surface area (Å²) in [6, 6.07) is 14.4. The van der Waals surface area contributed by atoms with Crippen LogP contribution in [0.4, 0.5) is 5.69 Å². The van der Waals surface area contributed by atoms with Crippen molar-refractivity contribution in [2.75, 3.05) is 24.4 Å². The average molecular weight is 381 g/mol. The van der Waals surface area contributed by atoms with E-state index in [4.69, 9.17) is 0 Å². The van der Waals surface area contributed by atoms with Crippen LogP contribution in [0.15, 0.2) is 53.4 Å². The highest BCUT2D eigenvalue weighted by Gasteiger charge is 2.17. The van der Waals surface area contributed by atoms with E-state index >= 15 is 0 Å². The van der Waals surface area contributed by atoms with E-state index in [1.54, 1.807) is 24.3 Å². The van der Waals surface area contributed by atoms with Crippen LogP contribution in [0.3, 0.4) is 0 Å². The van der Waals surface area contributed by atoms with Crippen LogP contribution in [0.5, 0.6) is 0 Å². The number of nitrogens with one attached hydrogen (secondary N) is 1. The summed E-state index contributed by atoms with van der Waals surface area (Å²) >= 11 is 0. The van der Waals surface area contributed by atoms with E-state index in [1.165, 1.54) is 17.5 Å². The van der Waals surface area contributed by atoms with Crippen molar-refractivity contribution in [1.82, 2.24) is 4.90 Å². The topological polar surface area (TPSA) is 49.4 Å². The van der Waals surface area contributed by atoms with Crippen LogP contribution in [0.1, 0.15) is 24.5 Å². The van der Waals surface area contributed by atoms with E-state index in [9.17, 15) is 8.42 Å². The van der Waals surface area contributed by atoms with E-state index < -0.39 is 10.0 Å². The van der Waals surface area contributed by atoms with Gasteiger partial charge in [0.25, 0.3) is 10.0 Å². The Hall–Kier alpha value is -1.56. The van der Waals surface area contributed by atoms with Crippen LogP contribution >= 0.6 is 12.4 Å².